The van der Waals surface area contributed by atoms with Gasteiger partial charge in [0.2, 0.25) is 0 Å². The highest BCUT2D eigenvalue weighted by molar-refractivity contribution is 6.74. The molecule has 0 fully saturated rings. The first kappa shape index (κ1) is 15.8. The van der Waals surface area contributed by atoms with Gasteiger partial charge in [0, 0.05) is 11.6 Å². The molecule has 19 heavy (non-hydrogen) atoms. The smallest absolute Gasteiger partial charge is 0.265 e. The summed E-state index contributed by atoms with van der Waals surface area (Å²) in [6, 6.07) is 6.57. The quantitative estimate of drug-likeness (QED) is 0.584. The van der Waals surface area contributed by atoms with Gasteiger partial charge in [-0.3, -0.25) is 0 Å². The van der Waals surface area contributed by atoms with Crippen LogP contribution in [-0.4, -0.2) is 15.4 Å². The summed E-state index contributed by atoms with van der Waals surface area (Å²) in [7, 11) is -0.434. The fourth-order valence-corrected chi connectivity index (χ4v) is 2.21. The van der Waals surface area contributed by atoms with Crippen LogP contribution in [0.15, 0.2) is 30.2 Å². The summed E-state index contributed by atoms with van der Waals surface area (Å²) in [6.07, 6.45) is 1.61. The molecule has 0 saturated heterocycles. The third-order valence-corrected chi connectivity index (χ3v) is 7.87. The van der Waals surface area contributed by atoms with Crippen molar-refractivity contribution in [3.63, 3.8) is 0 Å². The predicted molar refractivity (Wildman–Crippen MR) is 79.7 cm³/mol. The van der Waals surface area contributed by atoms with Crippen LogP contribution >= 0.6 is 0 Å². The third kappa shape index (κ3) is 4.09. The van der Waals surface area contributed by atoms with Crippen molar-refractivity contribution in [2.45, 2.75) is 38.9 Å². The van der Waals surface area contributed by atoms with E-state index >= 15 is 0 Å². The van der Waals surface area contributed by atoms with Crippen molar-refractivity contribution in [1.29, 1.82) is 0 Å². The number of hydrogen-bond donors (Lipinski definition) is 0. The van der Waals surface area contributed by atoms with Crippen molar-refractivity contribution in [2.24, 2.45) is 0 Å². The normalized spacial score (nSPS) is 13.3. The molecule has 106 valence electrons. The zero-order chi connectivity index (χ0) is 14.7. The van der Waals surface area contributed by atoms with E-state index in [0.717, 1.165) is 0 Å². The van der Waals surface area contributed by atoms with Crippen LogP contribution in [0.1, 0.15) is 26.3 Å². The van der Waals surface area contributed by atoms with Crippen molar-refractivity contribution >= 4 is 14.4 Å². The highest BCUT2D eigenvalue weighted by Gasteiger charge is 2.39. The molecule has 1 rings (SSSR count). The zero-order valence-corrected chi connectivity index (χ0v) is 13.6. The molecule has 0 unspecified atom stereocenters. The number of rotatable bonds is 4. The van der Waals surface area contributed by atoms with Crippen LogP contribution in [0.5, 0.6) is 0 Å². The van der Waals surface area contributed by atoms with E-state index in [0.29, 0.717) is 11.5 Å². The van der Waals surface area contributed by atoms with E-state index in [-0.39, 0.29) is 10.9 Å². The number of ether oxygens (including phenoxy) is 1. The fraction of sp³-hybridized carbons (Fsp3) is 0.467. The first-order valence-electron chi connectivity index (χ1n) is 6.36. The van der Waals surface area contributed by atoms with Crippen molar-refractivity contribution in [1.82, 2.24) is 0 Å². The van der Waals surface area contributed by atoms with E-state index < -0.39 is 8.32 Å². The Hall–Kier alpha value is -1.29. The lowest BCUT2D eigenvalue weighted by Gasteiger charge is -2.36. The molecule has 0 N–H and O–H groups in total. The summed E-state index contributed by atoms with van der Waals surface area (Å²) in [5.74, 6) is 0.0903. The SMILES string of the molecule is CO/C(=C\c1ccccc1F)O[Si](C)(C)C(C)(C)C. The van der Waals surface area contributed by atoms with Gasteiger partial charge in [0.25, 0.3) is 14.3 Å². The molecule has 1 aromatic rings. The van der Waals surface area contributed by atoms with E-state index in [9.17, 15) is 4.39 Å². The van der Waals surface area contributed by atoms with Gasteiger partial charge in [-0.2, -0.15) is 0 Å². The van der Waals surface area contributed by atoms with E-state index in [1.54, 1.807) is 31.4 Å². The largest absolute Gasteiger partial charge is 0.519 e. The van der Waals surface area contributed by atoms with Gasteiger partial charge < -0.3 is 9.16 Å². The Morgan fingerprint density at radius 3 is 2.26 bits per heavy atom. The molecule has 0 atom stereocenters. The standard InChI is InChI=1S/C15H23FO2Si/c1-15(2,3)19(5,6)18-14(17-4)11-12-9-7-8-10-13(12)16/h7-11H,1-6H3/b14-11+. The van der Waals surface area contributed by atoms with Gasteiger partial charge in [0.1, 0.15) is 5.82 Å². The molecule has 0 radical (unpaired) electrons. The first-order chi connectivity index (χ1) is 8.67. The van der Waals surface area contributed by atoms with Gasteiger partial charge in [0.05, 0.1) is 7.11 Å². The molecule has 0 spiro atoms. The summed E-state index contributed by atoms with van der Waals surface area (Å²) < 4.78 is 24.9. The zero-order valence-electron chi connectivity index (χ0n) is 12.6. The maximum atomic E-state index is 13.6. The second-order valence-electron chi connectivity index (χ2n) is 6.05. The Morgan fingerprint density at radius 1 is 1.21 bits per heavy atom. The van der Waals surface area contributed by atoms with Crippen LogP contribution < -0.4 is 0 Å². The number of hydrogen-bond acceptors (Lipinski definition) is 2. The van der Waals surface area contributed by atoms with Crippen LogP contribution in [0.3, 0.4) is 0 Å². The lowest BCUT2D eigenvalue weighted by molar-refractivity contribution is 0.145. The second-order valence-corrected chi connectivity index (χ2v) is 10.8. The molecular formula is C15H23FO2Si. The average molecular weight is 282 g/mol. The lowest BCUT2D eigenvalue weighted by Crippen LogP contribution is -2.40. The van der Waals surface area contributed by atoms with Crippen LogP contribution in [0.2, 0.25) is 18.1 Å². The van der Waals surface area contributed by atoms with E-state index in [2.05, 4.69) is 33.9 Å². The van der Waals surface area contributed by atoms with Crippen LogP contribution in [0.4, 0.5) is 4.39 Å². The van der Waals surface area contributed by atoms with Gasteiger partial charge in [-0.25, -0.2) is 4.39 Å². The Labute approximate surface area is 116 Å². The minimum Gasteiger partial charge on any atom is -0.519 e. The maximum Gasteiger partial charge on any atom is 0.265 e. The Morgan fingerprint density at radius 2 is 1.79 bits per heavy atom. The molecule has 0 saturated carbocycles. The van der Waals surface area contributed by atoms with Crippen LogP contribution in [0, 0.1) is 5.82 Å². The monoisotopic (exact) mass is 282 g/mol. The minimum absolute atomic E-state index is 0.0693. The van der Waals surface area contributed by atoms with Gasteiger partial charge in [0.15, 0.2) is 0 Å². The molecule has 1 aromatic carbocycles. The molecule has 4 heteroatoms. The maximum absolute atomic E-state index is 13.6. The number of halogens is 1. The molecule has 0 aliphatic rings. The second kappa shape index (κ2) is 5.78. The number of methoxy groups -OCH3 is 1. The Kier molecular flexibility index (Phi) is 4.79. The average Bonchev–Trinajstić information content (AvgIpc) is 2.29. The Balaban J connectivity index is 3.00. The number of benzene rings is 1. The van der Waals surface area contributed by atoms with Crippen molar-refractivity contribution in [3.05, 3.63) is 41.6 Å². The van der Waals surface area contributed by atoms with E-state index in [1.807, 2.05) is 0 Å². The lowest BCUT2D eigenvalue weighted by atomic mass is 10.2. The van der Waals surface area contributed by atoms with Gasteiger partial charge in [-0.15, -0.1) is 0 Å². The summed E-state index contributed by atoms with van der Waals surface area (Å²) in [4.78, 5) is 0. The topological polar surface area (TPSA) is 18.5 Å². The highest BCUT2D eigenvalue weighted by atomic mass is 28.4. The molecule has 2 nitrogen and oxygen atoms in total. The fourth-order valence-electron chi connectivity index (χ4n) is 1.25. The molecule has 0 bridgehead atoms. The molecule has 0 aliphatic carbocycles. The summed E-state index contributed by atoms with van der Waals surface area (Å²) in [6.45, 7) is 10.7. The molecule has 0 aromatic heterocycles. The molecule has 0 aliphatic heterocycles. The van der Waals surface area contributed by atoms with E-state index in [4.69, 9.17) is 9.16 Å². The van der Waals surface area contributed by atoms with E-state index in [1.165, 1.54) is 6.07 Å². The summed E-state index contributed by atoms with van der Waals surface area (Å²) in [5.41, 5.74) is 0.470. The van der Waals surface area contributed by atoms with Crippen LogP contribution in [-0.2, 0) is 9.16 Å². The van der Waals surface area contributed by atoms with Crippen molar-refractivity contribution in [3.8, 4) is 0 Å². The first-order valence-corrected chi connectivity index (χ1v) is 9.27. The predicted octanol–water partition coefficient (Wildman–Crippen LogP) is 4.79. The van der Waals surface area contributed by atoms with Gasteiger partial charge in [-0.05, 0) is 24.2 Å². The third-order valence-electron chi connectivity index (χ3n) is 3.54. The molecular weight excluding hydrogens is 259 g/mol. The Bertz CT molecular complexity index is 461. The van der Waals surface area contributed by atoms with Crippen LogP contribution in [0.25, 0.3) is 6.08 Å². The minimum atomic E-state index is -1.98. The molecule has 0 amide bonds. The van der Waals surface area contributed by atoms with Gasteiger partial charge in [-0.1, -0.05) is 39.0 Å². The molecule has 0 heterocycles. The van der Waals surface area contributed by atoms with Gasteiger partial charge >= 0.3 is 0 Å². The summed E-state index contributed by atoms with van der Waals surface area (Å²) in [5, 5.41) is 0.0693. The highest BCUT2D eigenvalue weighted by Crippen LogP contribution is 2.38. The van der Waals surface area contributed by atoms with Crippen molar-refractivity contribution in [2.75, 3.05) is 7.11 Å². The summed E-state index contributed by atoms with van der Waals surface area (Å²) >= 11 is 0. The van der Waals surface area contributed by atoms with Crippen molar-refractivity contribution < 1.29 is 13.6 Å².